The highest BCUT2D eigenvalue weighted by Crippen LogP contribution is 2.25. The Hall–Kier alpha value is -1.82. The zero-order valence-corrected chi connectivity index (χ0v) is 26.9. The van der Waals surface area contributed by atoms with Crippen molar-refractivity contribution in [3.8, 4) is 0 Å². The summed E-state index contributed by atoms with van der Waals surface area (Å²) in [6.45, 7) is 20.5. The van der Waals surface area contributed by atoms with Crippen LogP contribution in [0.15, 0.2) is 48.5 Å². The van der Waals surface area contributed by atoms with Crippen LogP contribution in [0.2, 0.25) is 0 Å². The largest absolute Gasteiger partial charge is 0.369 e. The number of hydrogen-bond acceptors (Lipinski definition) is 10. The molecule has 4 saturated heterocycles. The third-order valence-corrected chi connectivity index (χ3v) is 11.6. The highest BCUT2D eigenvalue weighted by atomic mass is 33.1. The number of benzene rings is 2. The lowest BCUT2D eigenvalue weighted by molar-refractivity contribution is 0.273. The number of nitrogens with zero attached hydrogens (tertiary/aromatic N) is 6. The van der Waals surface area contributed by atoms with E-state index in [9.17, 15) is 0 Å². The molecule has 0 aliphatic carbocycles. The van der Waals surface area contributed by atoms with Crippen molar-refractivity contribution in [2.75, 3.05) is 149 Å². The summed E-state index contributed by atoms with van der Waals surface area (Å²) in [5, 5.41) is 6.88. The first kappa shape index (κ1) is 30.2. The molecule has 0 bridgehead atoms. The van der Waals surface area contributed by atoms with Gasteiger partial charge in [0.15, 0.2) is 0 Å². The third-order valence-electron chi connectivity index (χ3n) is 9.20. The first-order chi connectivity index (χ1) is 20.8. The molecule has 4 fully saturated rings. The SMILES string of the molecule is c1cc(N2CCN(CCSSCCN3CCN(c4ccc(N5CCNCC5)cc4)CC3)CC2)ccc1N1CCNCC1. The topological polar surface area (TPSA) is 43.5 Å². The summed E-state index contributed by atoms with van der Waals surface area (Å²) in [6, 6.07) is 18.6. The normalized spacial score (nSPS) is 21.2. The van der Waals surface area contributed by atoms with Crippen molar-refractivity contribution in [1.82, 2.24) is 20.4 Å². The quantitative estimate of drug-likeness (QED) is 0.293. The van der Waals surface area contributed by atoms with E-state index in [0.717, 1.165) is 78.5 Å². The number of anilines is 4. The lowest BCUT2D eigenvalue weighted by Gasteiger charge is -2.36. The van der Waals surface area contributed by atoms with Gasteiger partial charge in [-0.2, -0.15) is 0 Å². The van der Waals surface area contributed by atoms with Crippen molar-refractivity contribution < 1.29 is 0 Å². The third kappa shape index (κ3) is 8.42. The summed E-state index contributed by atoms with van der Waals surface area (Å²) in [5.74, 6) is 2.45. The van der Waals surface area contributed by atoms with E-state index in [-0.39, 0.29) is 0 Å². The Kier molecular flexibility index (Phi) is 11.3. The van der Waals surface area contributed by atoms with Gasteiger partial charge in [0.2, 0.25) is 0 Å². The van der Waals surface area contributed by atoms with Gasteiger partial charge in [0.05, 0.1) is 0 Å². The second-order valence-corrected chi connectivity index (χ2v) is 14.5. The van der Waals surface area contributed by atoms with Gasteiger partial charge >= 0.3 is 0 Å². The molecule has 8 nitrogen and oxygen atoms in total. The Balaban J connectivity index is 0.804. The van der Waals surface area contributed by atoms with Gasteiger partial charge in [0.1, 0.15) is 0 Å². The lowest BCUT2D eigenvalue weighted by atomic mass is 10.2. The maximum atomic E-state index is 3.44. The van der Waals surface area contributed by atoms with Crippen molar-refractivity contribution in [1.29, 1.82) is 0 Å². The minimum absolute atomic E-state index is 1.09. The van der Waals surface area contributed by atoms with Crippen LogP contribution in [0, 0.1) is 0 Å². The van der Waals surface area contributed by atoms with E-state index in [4.69, 9.17) is 0 Å². The van der Waals surface area contributed by atoms with E-state index < -0.39 is 0 Å². The average molecular weight is 611 g/mol. The molecule has 0 atom stereocenters. The fourth-order valence-corrected chi connectivity index (χ4v) is 8.56. The molecule has 6 rings (SSSR count). The van der Waals surface area contributed by atoms with Gasteiger partial charge < -0.3 is 30.2 Å². The second kappa shape index (κ2) is 15.8. The number of rotatable bonds is 11. The zero-order chi connectivity index (χ0) is 28.4. The van der Waals surface area contributed by atoms with E-state index in [1.54, 1.807) is 0 Å². The molecule has 42 heavy (non-hydrogen) atoms. The van der Waals surface area contributed by atoms with E-state index in [1.165, 1.54) is 73.5 Å². The van der Waals surface area contributed by atoms with E-state index in [1.807, 2.05) is 0 Å². The highest BCUT2D eigenvalue weighted by molar-refractivity contribution is 8.76. The van der Waals surface area contributed by atoms with Crippen molar-refractivity contribution in [2.45, 2.75) is 0 Å². The summed E-state index contributed by atoms with van der Waals surface area (Å²) < 4.78 is 0. The van der Waals surface area contributed by atoms with Crippen LogP contribution in [0.25, 0.3) is 0 Å². The molecule has 4 aliphatic heterocycles. The van der Waals surface area contributed by atoms with Crippen LogP contribution in [0.5, 0.6) is 0 Å². The van der Waals surface area contributed by atoms with Crippen molar-refractivity contribution in [2.24, 2.45) is 0 Å². The van der Waals surface area contributed by atoms with Gasteiger partial charge in [0, 0.05) is 152 Å². The lowest BCUT2D eigenvalue weighted by Crippen LogP contribution is -2.47. The number of nitrogens with one attached hydrogen (secondary N) is 2. The molecule has 0 unspecified atom stereocenters. The van der Waals surface area contributed by atoms with Crippen LogP contribution < -0.4 is 30.2 Å². The summed E-state index contributed by atoms with van der Waals surface area (Å²) >= 11 is 0. The molecular formula is C32H50N8S2. The minimum atomic E-state index is 1.09. The minimum Gasteiger partial charge on any atom is -0.369 e. The number of piperazine rings is 4. The maximum absolute atomic E-state index is 3.44. The van der Waals surface area contributed by atoms with Crippen molar-refractivity contribution >= 4 is 44.3 Å². The second-order valence-electron chi connectivity index (χ2n) is 11.8. The van der Waals surface area contributed by atoms with Crippen molar-refractivity contribution in [3.05, 3.63) is 48.5 Å². The molecule has 10 heteroatoms. The summed E-state index contributed by atoms with van der Waals surface area (Å²) in [6.07, 6.45) is 0. The molecule has 230 valence electrons. The molecule has 0 amide bonds. The predicted octanol–water partition coefficient (Wildman–Crippen LogP) is 2.83. The molecular weight excluding hydrogens is 561 g/mol. The maximum Gasteiger partial charge on any atom is 0.0368 e. The Morgan fingerprint density at radius 1 is 0.405 bits per heavy atom. The van der Waals surface area contributed by atoms with Gasteiger partial charge in [-0.15, -0.1) is 0 Å². The Morgan fingerprint density at radius 3 is 1.00 bits per heavy atom. The van der Waals surface area contributed by atoms with Crippen LogP contribution >= 0.6 is 21.6 Å². The fourth-order valence-electron chi connectivity index (χ4n) is 6.50. The highest BCUT2D eigenvalue weighted by Gasteiger charge is 2.19. The van der Waals surface area contributed by atoms with Gasteiger partial charge in [-0.1, -0.05) is 21.6 Å². The molecule has 0 radical (unpaired) electrons. The van der Waals surface area contributed by atoms with Gasteiger partial charge in [-0.05, 0) is 48.5 Å². The molecule has 2 aromatic rings. The monoisotopic (exact) mass is 610 g/mol. The summed E-state index contributed by atoms with van der Waals surface area (Å²) in [5.41, 5.74) is 5.48. The van der Waals surface area contributed by atoms with Crippen LogP contribution in [-0.4, -0.2) is 139 Å². The molecule has 0 aromatic heterocycles. The molecule has 0 spiro atoms. The van der Waals surface area contributed by atoms with E-state index in [2.05, 4.69) is 110 Å². The van der Waals surface area contributed by atoms with Crippen molar-refractivity contribution in [3.63, 3.8) is 0 Å². The Morgan fingerprint density at radius 2 is 0.690 bits per heavy atom. The number of hydrogen-bond donors (Lipinski definition) is 2. The van der Waals surface area contributed by atoms with Gasteiger partial charge in [-0.3, -0.25) is 9.80 Å². The van der Waals surface area contributed by atoms with Crippen LogP contribution in [0.3, 0.4) is 0 Å². The Labute approximate surface area is 261 Å². The fraction of sp³-hybridized carbons (Fsp3) is 0.625. The molecule has 0 saturated carbocycles. The molecule has 2 N–H and O–H groups in total. The van der Waals surface area contributed by atoms with Gasteiger partial charge in [-0.25, -0.2) is 0 Å². The van der Waals surface area contributed by atoms with E-state index in [0.29, 0.717) is 0 Å². The Bertz CT molecular complexity index is 958. The van der Waals surface area contributed by atoms with E-state index >= 15 is 0 Å². The predicted molar refractivity (Wildman–Crippen MR) is 185 cm³/mol. The van der Waals surface area contributed by atoms with Crippen LogP contribution in [-0.2, 0) is 0 Å². The standard InChI is InChI=1S/C32H50N8S2/c1-5-31(6-2-29(1)37-13-9-33-10-14-37)39-21-17-35(18-22-39)25-27-41-42-28-26-36-19-23-40(24-20-36)32-7-3-30(4-8-32)38-15-11-34-12-16-38/h1-8,33-34H,9-28H2. The molecule has 4 aliphatic rings. The molecule has 4 heterocycles. The van der Waals surface area contributed by atoms with Crippen LogP contribution in [0.1, 0.15) is 0 Å². The zero-order valence-electron chi connectivity index (χ0n) is 25.3. The average Bonchev–Trinajstić information content (AvgIpc) is 3.08. The first-order valence-electron chi connectivity index (χ1n) is 16.1. The van der Waals surface area contributed by atoms with Gasteiger partial charge in [0.25, 0.3) is 0 Å². The molecule has 2 aromatic carbocycles. The smallest absolute Gasteiger partial charge is 0.0368 e. The summed E-state index contributed by atoms with van der Waals surface area (Å²) in [4.78, 5) is 15.4. The summed E-state index contributed by atoms with van der Waals surface area (Å²) in [7, 11) is 4.13. The first-order valence-corrected chi connectivity index (χ1v) is 18.6. The van der Waals surface area contributed by atoms with Crippen LogP contribution in [0.4, 0.5) is 22.7 Å².